The van der Waals surface area contributed by atoms with Gasteiger partial charge in [-0.25, -0.2) is 9.37 Å². The molecule has 0 unspecified atom stereocenters. The number of halogens is 2. The molecule has 4 nitrogen and oxygen atoms in total. The minimum atomic E-state index is -0.378. The number of nitrogens with one attached hydrogen (secondary N) is 2. The Morgan fingerprint density at radius 2 is 2.26 bits per heavy atom. The second-order valence-electron chi connectivity index (χ2n) is 4.14. The molecule has 0 bridgehead atoms. The Morgan fingerprint density at radius 3 is 3.00 bits per heavy atom. The van der Waals surface area contributed by atoms with Gasteiger partial charge in [0.15, 0.2) is 5.82 Å². The quantitative estimate of drug-likeness (QED) is 0.905. The highest BCUT2D eigenvalue weighted by atomic mass is 35.5. The molecule has 2 N–H and O–H groups in total. The lowest BCUT2D eigenvalue weighted by Gasteiger charge is -2.08. The highest BCUT2D eigenvalue weighted by Crippen LogP contribution is 2.14. The molecule has 100 valence electrons. The fraction of sp³-hybridized carbons (Fsp3) is 0.231. The maximum Gasteiger partial charge on any atom is 0.271 e. The van der Waals surface area contributed by atoms with E-state index in [1.54, 1.807) is 6.07 Å². The van der Waals surface area contributed by atoms with Gasteiger partial charge in [0.2, 0.25) is 0 Å². The SMILES string of the molecule is Cc1cc(F)ccc1CCNc1nc[nH]c(=O)c1Cl. The highest BCUT2D eigenvalue weighted by Gasteiger charge is 2.05. The van der Waals surface area contributed by atoms with Gasteiger partial charge < -0.3 is 10.3 Å². The van der Waals surface area contributed by atoms with E-state index in [9.17, 15) is 9.18 Å². The molecule has 2 aromatic rings. The molecule has 1 heterocycles. The van der Waals surface area contributed by atoms with Crippen molar-refractivity contribution in [1.82, 2.24) is 9.97 Å². The summed E-state index contributed by atoms with van der Waals surface area (Å²) < 4.78 is 13.0. The Morgan fingerprint density at radius 1 is 1.47 bits per heavy atom. The van der Waals surface area contributed by atoms with Crippen molar-refractivity contribution in [1.29, 1.82) is 0 Å². The van der Waals surface area contributed by atoms with Crippen LogP contribution in [0.3, 0.4) is 0 Å². The van der Waals surface area contributed by atoms with Gasteiger partial charge in [-0.2, -0.15) is 0 Å². The number of nitrogens with zero attached hydrogens (tertiary/aromatic N) is 1. The second kappa shape index (κ2) is 5.84. The largest absolute Gasteiger partial charge is 0.368 e. The molecule has 0 aliphatic carbocycles. The molecule has 0 saturated carbocycles. The standard InChI is InChI=1S/C13H13ClFN3O/c1-8-6-10(15)3-2-9(8)4-5-16-12-11(14)13(19)18-7-17-12/h2-3,6-7H,4-5H2,1H3,(H2,16,17,18,19). The molecule has 0 spiro atoms. The van der Waals surface area contributed by atoms with E-state index >= 15 is 0 Å². The van der Waals surface area contributed by atoms with Crippen LogP contribution >= 0.6 is 11.6 Å². The van der Waals surface area contributed by atoms with E-state index in [0.717, 1.165) is 11.1 Å². The maximum absolute atomic E-state index is 13.0. The first-order valence-electron chi connectivity index (χ1n) is 5.80. The number of hydrogen-bond acceptors (Lipinski definition) is 3. The van der Waals surface area contributed by atoms with Crippen LogP contribution in [-0.4, -0.2) is 16.5 Å². The number of aromatic amines is 1. The molecule has 0 aliphatic heterocycles. The fourth-order valence-electron chi connectivity index (χ4n) is 1.76. The van der Waals surface area contributed by atoms with Crippen molar-refractivity contribution in [2.45, 2.75) is 13.3 Å². The third-order valence-corrected chi connectivity index (χ3v) is 3.14. The molecule has 0 fully saturated rings. The lowest BCUT2D eigenvalue weighted by Crippen LogP contribution is -2.13. The van der Waals surface area contributed by atoms with E-state index in [1.807, 2.05) is 6.92 Å². The summed E-state index contributed by atoms with van der Waals surface area (Å²) in [5.74, 6) is 0.110. The number of rotatable bonds is 4. The summed E-state index contributed by atoms with van der Waals surface area (Å²) in [6, 6.07) is 4.67. The Labute approximate surface area is 114 Å². The Kier molecular flexibility index (Phi) is 4.16. The predicted octanol–water partition coefficient (Wildman–Crippen LogP) is 2.53. The number of hydrogen-bond donors (Lipinski definition) is 2. The molecular weight excluding hydrogens is 269 g/mol. The first kappa shape index (κ1) is 13.5. The van der Waals surface area contributed by atoms with E-state index in [4.69, 9.17) is 11.6 Å². The Hall–Kier alpha value is -1.88. The molecule has 1 aromatic carbocycles. The molecule has 2 rings (SSSR count). The normalized spacial score (nSPS) is 10.5. The topological polar surface area (TPSA) is 57.8 Å². The molecule has 6 heteroatoms. The lowest BCUT2D eigenvalue weighted by molar-refractivity contribution is 0.625. The van der Waals surface area contributed by atoms with Gasteiger partial charge in [0.05, 0.1) is 6.33 Å². The minimum absolute atomic E-state index is 0.0401. The third kappa shape index (κ3) is 3.32. The summed E-state index contributed by atoms with van der Waals surface area (Å²) in [6.07, 6.45) is 1.98. The molecule has 19 heavy (non-hydrogen) atoms. The van der Waals surface area contributed by atoms with Crippen LogP contribution in [0.15, 0.2) is 29.3 Å². The van der Waals surface area contributed by atoms with Gasteiger partial charge in [0, 0.05) is 6.54 Å². The lowest BCUT2D eigenvalue weighted by atomic mass is 10.1. The zero-order valence-corrected chi connectivity index (χ0v) is 11.1. The number of aryl methyl sites for hydroxylation is 1. The molecule has 0 radical (unpaired) electrons. The van der Waals surface area contributed by atoms with E-state index < -0.39 is 0 Å². The smallest absolute Gasteiger partial charge is 0.271 e. The number of benzene rings is 1. The average Bonchev–Trinajstić information content (AvgIpc) is 2.37. The van der Waals surface area contributed by atoms with Crippen molar-refractivity contribution in [3.63, 3.8) is 0 Å². The van der Waals surface area contributed by atoms with E-state index in [1.165, 1.54) is 18.5 Å². The molecule has 1 aromatic heterocycles. The van der Waals surface area contributed by atoms with Crippen molar-refractivity contribution in [3.8, 4) is 0 Å². The van der Waals surface area contributed by atoms with Gasteiger partial charge in [-0.3, -0.25) is 4.79 Å². The van der Waals surface area contributed by atoms with Crippen molar-refractivity contribution in [3.05, 3.63) is 56.8 Å². The van der Waals surface area contributed by atoms with Crippen molar-refractivity contribution in [2.75, 3.05) is 11.9 Å². The number of anilines is 1. The van der Waals surface area contributed by atoms with Crippen LogP contribution in [0.5, 0.6) is 0 Å². The van der Waals surface area contributed by atoms with Crippen LogP contribution in [0, 0.1) is 12.7 Å². The van der Waals surface area contributed by atoms with Gasteiger partial charge in [-0.05, 0) is 36.6 Å². The minimum Gasteiger partial charge on any atom is -0.368 e. The van der Waals surface area contributed by atoms with Gasteiger partial charge in [0.25, 0.3) is 5.56 Å². The van der Waals surface area contributed by atoms with Gasteiger partial charge in [0.1, 0.15) is 10.8 Å². The summed E-state index contributed by atoms with van der Waals surface area (Å²) in [5, 5.41) is 3.03. The second-order valence-corrected chi connectivity index (χ2v) is 4.52. The first-order valence-corrected chi connectivity index (χ1v) is 6.18. The zero-order chi connectivity index (χ0) is 13.8. The van der Waals surface area contributed by atoms with Crippen LogP contribution in [0.2, 0.25) is 5.02 Å². The molecule has 0 aliphatic rings. The molecule has 0 saturated heterocycles. The number of H-pyrrole nitrogens is 1. The predicted molar refractivity (Wildman–Crippen MR) is 73.2 cm³/mol. The highest BCUT2D eigenvalue weighted by molar-refractivity contribution is 6.32. The first-order chi connectivity index (χ1) is 9.08. The summed E-state index contributed by atoms with van der Waals surface area (Å²) in [7, 11) is 0. The summed E-state index contributed by atoms with van der Waals surface area (Å²) in [6.45, 7) is 2.42. The van der Waals surface area contributed by atoms with E-state index in [-0.39, 0.29) is 16.4 Å². The van der Waals surface area contributed by atoms with Crippen molar-refractivity contribution >= 4 is 17.4 Å². The van der Waals surface area contributed by atoms with Gasteiger partial charge >= 0.3 is 0 Å². The van der Waals surface area contributed by atoms with E-state index in [2.05, 4.69) is 15.3 Å². The Balaban J connectivity index is 2.00. The van der Waals surface area contributed by atoms with Gasteiger partial charge in [-0.1, -0.05) is 17.7 Å². The van der Waals surface area contributed by atoms with E-state index in [0.29, 0.717) is 18.8 Å². The van der Waals surface area contributed by atoms with Crippen molar-refractivity contribution < 1.29 is 4.39 Å². The monoisotopic (exact) mass is 281 g/mol. The zero-order valence-electron chi connectivity index (χ0n) is 10.3. The fourth-order valence-corrected chi connectivity index (χ4v) is 1.93. The van der Waals surface area contributed by atoms with Crippen molar-refractivity contribution in [2.24, 2.45) is 0 Å². The van der Waals surface area contributed by atoms with Crippen LogP contribution in [-0.2, 0) is 6.42 Å². The third-order valence-electron chi connectivity index (χ3n) is 2.79. The van der Waals surface area contributed by atoms with Crippen LogP contribution in [0.1, 0.15) is 11.1 Å². The average molecular weight is 282 g/mol. The van der Waals surface area contributed by atoms with Crippen LogP contribution in [0.4, 0.5) is 10.2 Å². The molecule has 0 atom stereocenters. The van der Waals surface area contributed by atoms with Crippen LogP contribution < -0.4 is 10.9 Å². The Bertz CT molecular complexity index is 642. The molecular formula is C13H13ClFN3O. The van der Waals surface area contributed by atoms with Gasteiger partial charge in [-0.15, -0.1) is 0 Å². The maximum atomic E-state index is 13.0. The molecule has 0 amide bonds. The summed E-state index contributed by atoms with van der Waals surface area (Å²) in [5.41, 5.74) is 1.55. The number of aromatic nitrogens is 2. The van der Waals surface area contributed by atoms with Crippen LogP contribution in [0.25, 0.3) is 0 Å². The summed E-state index contributed by atoms with van der Waals surface area (Å²) in [4.78, 5) is 17.6. The summed E-state index contributed by atoms with van der Waals surface area (Å²) >= 11 is 5.81.